The SMILES string of the molecule is CC1(C)SCC(C(=O)NCc2ccc3[nH]c(=O)[nH]c3c2)NC1=O. The van der Waals surface area contributed by atoms with Crippen LogP contribution in [0.1, 0.15) is 19.4 Å². The third-order valence-corrected chi connectivity index (χ3v) is 5.23. The zero-order chi connectivity index (χ0) is 16.6. The van der Waals surface area contributed by atoms with Crippen molar-refractivity contribution in [2.75, 3.05) is 5.75 Å². The van der Waals surface area contributed by atoms with Gasteiger partial charge in [-0.25, -0.2) is 4.79 Å². The molecular weight excluding hydrogens is 316 g/mol. The Balaban J connectivity index is 1.62. The predicted molar refractivity (Wildman–Crippen MR) is 89.2 cm³/mol. The summed E-state index contributed by atoms with van der Waals surface area (Å²) in [6.07, 6.45) is 0. The van der Waals surface area contributed by atoms with Crippen LogP contribution in [0.25, 0.3) is 11.0 Å². The second-order valence-corrected chi connectivity index (χ2v) is 7.67. The molecule has 0 saturated carbocycles. The summed E-state index contributed by atoms with van der Waals surface area (Å²) in [5, 5.41) is 5.57. The van der Waals surface area contributed by atoms with Gasteiger partial charge < -0.3 is 20.6 Å². The first-order valence-corrected chi connectivity index (χ1v) is 8.27. The number of rotatable bonds is 3. The van der Waals surface area contributed by atoms with E-state index in [2.05, 4.69) is 20.6 Å². The standard InChI is InChI=1S/C15H18N4O3S/c1-15(2)13(21)17-11(7-23-15)12(20)16-6-8-3-4-9-10(5-8)19-14(22)18-9/h3-5,11H,6-7H2,1-2H3,(H,16,20)(H,17,21)(H2,18,19,22). The average Bonchev–Trinajstić information content (AvgIpc) is 2.86. The van der Waals surface area contributed by atoms with E-state index in [1.54, 1.807) is 6.07 Å². The van der Waals surface area contributed by atoms with Crippen LogP contribution in [0, 0.1) is 0 Å². The van der Waals surface area contributed by atoms with E-state index < -0.39 is 10.8 Å². The highest BCUT2D eigenvalue weighted by Gasteiger charge is 2.37. The van der Waals surface area contributed by atoms with Crippen LogP contribution < -0.4 is 16.3 Å². The molecule has 0 bridgehead atoms. The van der Waals surface area contributed by atoms with Gasteiger partial charge in [-0.2, -0.15) is 0 Å². The van der Waals surface area contributed by atoms with Crippen LogP contribution in [-0.2, 0) is 16.1 Å². The number of aromatic amines is 2. The number of fused-ring (bicyclic) bond motifs is 1. The molecule has 0 radical (unpaired) electrons. The summed E-state index contributed by atoms with van der Waals surface area (Å²) >= 11 is 1.47. The molecule has 1 aliphatic rings. The van der Waals surface area contributed by atoms with Crippen molar-refractivity contribution in [1.82, 2.24) is 20.6 Å². The van der Waals surface area contributed by atoms with Gasteiger partial charge in [-0.3, -0.25) is 9.59 Å². The van der Waals surface area contributed by atoms with Gasteiger partial charge in [0.25, 0.3) is 0 Å². The highest BCUT2D eigenvalue weighted by atomic mass is 32.2. The normalized spacial score (nSPS) is 20.3. The molecule has 2 heterocycles. The van der Waals surface area contributed by atoms with Gasteiger partial charge in [0.05, 0.1) is 15.8 Å². The second kappa shape index (κ2) is 5.77. The van der Waals surface area contributed by atoms with Crippen molar-refractivity contribution in [1.29, 1.82) is 0 Å². The van der Waals surface area contributed by atoms with Gasteiger partial charge in [-0.05, 0) is 31.5 Å². The number of benzene rings is 1. The van der Waals surface area contributed by atoms with Crippen molar-refractivity contribution < 1.29 is 9.59 Å². The summed E-state index contributed by atoms with van der Waals surface area (Å²) in [5.41, 5.74) is 2.04. The first-order valence-electron chi connectivity index (χ1n) is 7.29. The van der Waals surface area contributed by atoms with E-state index in [1.807, 2.05) is 26.0 Å². The number of aromatic nitrogens is 2. The quantitative estimate of drug-likeness (QED) is 0.655. The molecule has 1 aliphatic heterocycles. The zero-order valence-corrected chi connectivity index (χ0v) is 13.7. The van der Waals surface area contributed by atoms with Crippen molar-refractivity contribution in [3.05, 3.63) is 34.2 Å². The summed E-state index contributed by atoms with van der Waals surface area (Å²) < 4.78 is -0.498. The molecule has 8 heteroatoms. The Morgan fingerprint density at radius 2 is 2.04 bits per heavy atom. The van der Waals surface area contributed by atoms with Crippen LogP contribution in [0.3, 0.4) is 0 Å². The number of amides is 2. The van der Waals surface area contributed by atoms with E-state index in [1.165, 1.54) is 11.8 Å². The lowest BCUT2D eigenvalue weighted by molar-refractivity contribution is -0.129. The minimum atomic E-state index is -0.517. The van der Waals surface area contributed by atoms with E-state index >= 15 is 0 Å². The van der Waals surface area contributed by atoms with Crippen molar-refractivity contribution in [3.8, 4) is 0 Å². The number of imidazole rings is 1. The number of carbonyl (C=O) groups is 2. The fourth-order valence-electron chi connectivity index (χ4n) is 2.37. The van der Waals surface area contributed by atoms with Crippen molar-refractivity contribution >= 4 is 34.6 Å². The number of H-pyrrole nitrogens is 2. The maximum Gasteiger partial charge on any atom is 0.323 e. The molecule has 4 N–H and O–H groups in total. The Hall–Kier alpha value is -2.22. The van der Waals surface area contributed by atoms with Gasteiger partial charge in [0.2, 0.25) is 11.8 Å². The van der Waals surface area contributed by atoms with Crippen molar-refractivity contribution in [2.24, 2.45) is 0 Å². The van der Waals surface area contributed by atoms with Crippen LogP contribution in [0.15, 0.2) is 23.0 Å². The third-order valence-electron chi connectivity index (χ3n) is 3.83. The summed E-state index contributed by atoms with van der Waals surface area (Å²) in [5.74, 6) is 0.221. The second-order valence-electron chi connectivity index (χ2n) is 6.02. The zero-order valence-electron chi connectivity index (χ0n) is 12.9. The van der Waals surface area contributed by atoms with Crippen molar-refractivity contribution in [2.45, 2.75) is 31.2 Å². The predicted octanol–water partition coefficient (Wildman–Crippen LogP) is 0.483. The number of hydrogen-bond donors (Lipinski definition) is 4. The van der Waals surface area contributed by atoms with Gasteiger partial charge in [0.15, 0.2) is 0 Å². The molecule has 1 atom stereocenters. The number of thioether (sulfide) groups is 1. The molecule has 1 fully saturated rings. The van der Waals surface area contributed by atoms with Gasteiger partial charge in [0, 0.05) is 12.3 Å². The van der Waals surface area contributed by atoms with Crippen LogP contribution in [0.4, 0.5) is 0 Å². The molecule has 3 rings (SSSR count). The maximum atomic E-state index is 12.2. The lowest BCUT2D eigenvalue weighted by atomic mass is 10.1. The van der Waals surface area contributed by atoms with Crippen LogP contribution in [0.5, 0.6) is 0 Å². The monoisotopic (exact) mass is 334 g/mol. The number of carbonyl (C=O) groups excluding carboxylic acids is 2. The first-order chi connectivity index (χ1) is 10.8. The molecule has 1 saturated heterocycles. The number of nitrogens with one attached hydrogen (secondary N) is 4. The Labute approximate surface area is 136 Å². The van der Waals surface area contributed by atoms with Gasteiger partial charge in [0.1, 0.15) is 6.04 Å². The molecule has 2 aromatic rings. The van der Waals surface area contributed by atoms with Gasteiger partial charge in [-0.1, -0.05) is 6.07 Å². The molecule has 2 amide bonds. The summed E-state index contributed by atoms with van der Waals surface area (Å²) in [6.45, 7) is 4.02. The van der Waals surface area contributed by atoms with E-state index in [4.69, 9.17) is 0 Å². The van der Waals surface area contributed by atoms with Crippen molar-refractivity contribution in [3.63, 3.8) is 0 Å². The minimum Gasteiger partial charge on any atom is -0.350 e. The lowest BCUT2D eigenvalue weighted by Gasteiger charge is -2.32. The fraction of sp³-hybridized carbons (Fsp3) is 0.400. The molecule has 1 aromatic carbocycles. The topological polar surface area (TPSA) is 107 Å². The van der Waals surface area contributed by atoms with Crippen LogP contribution >= 0.6 is 11.8 Å². The smallest absolute Gasteiger partial charge is 0.323 e. The van der Waals surface area contributed by atoms with Crippen LogP contribution in [0.2, 0.25) is 0 Å². The largest absolute Gasteiger partial charge is 0.350 e. The first kappa shape index (κ1) is 15.7. The Kier molecular flexibility index (Phi) is 3.93. The third kappa shape index (κ3) is 3.26. The highest BCUT2D eigenvalue weighted by molar-refractivity contribution is 8.01. The molecule has 23 heavy (non-hydrogen) atoms. The molecule has 1 aromatic heterocycles. The summed E-state index contributed by atoms with van der Waals surface area (Å²) in [7, 11) is 0. The lowest BCUT2D eigenvalue weighted by Crippen LogP contribution is -2.57. The van der Waals surface area contributed by atoms with E-state index in [9.17, 15) is 14.4 Å². The maximum absolute atomic E-state index is 12.2. The average molecular weight is 334 g/mol. The number of hydrogen-bond acceptors (Lipinski definition) is 4. The Morgan fingerprint density at radius 1 is 1.30 bits per heavy atom. The Morgan fingerprint density at radius 3 is 2.78 bits per heavy atom. The van der Waals surface area contributed by atoms with Gasteiger partial charge in [-0.15, -0.1) is 11.8 Å². The van der Waals surface area contributed by atoms with E-state index in [-0.39, 0.29) is 17.5 Å². The molecule has 7 nitrogen and oxygen atoms in total. The molecule has 122 valence electrons. The minimum absolute atomic E-state index is 0.125. The fourth-order valence-corrected chi connectivity index (χ4v) is 3.38. The van der Waals surface area contributed by atoms with Crippen LogP contribution in [-0.4, -0.2) is 38.3 Å². The van der Waals surface area contributed by atoms with E-state index in [0.29, 0.717) is 17.8 Å². The molecule has 1 unspecified atom stereocenters. The summed E-state index contributed by atoms with van der Waals surface area (Å²) in [6, 6.07) is 4.92. The highest BCUT2D eigenvalue weighted by Crippen LogP contribution is 2.28. The molecule has 0 aliphatic carbocycles. The molecule has 0 spiro atoms. The van der Waals surface area contributed by atoms with E-state index in [0.717, 1.165) is 11.1 Å². The Bertz CT molecular complexity index is 823. The summed E-state index contributed by atoms with van der Waals surface area (Å²) in [4.78, 5) is 40.7. The molecular formula is C15H18N4O3S. The van der Waals surface area contributed by atoms with Gasteiger partial charge >= 0.3 is 5.69 Å².